The Morgan fingerprint density at radius 1 is 1.58 bits per heavy atom. The summed E-state index contributed by atoms with van der Waals surface area (Å²) in [6, 6.07) is -0.0240. The molecule has 0 aromatic rings. The summed E-state index contributed by atoms with van der Waals surface area (Å²) in [5.41, 5.74) is 5.36. The van der Waals surface area contributed by atoms with Crippen molar-refractivity contribution in [3.8, 4) is 0 Å². The molecule has 0 aliphatic carbocycles. The molecule has 6 heteroatoms. The van der Waals surface area contributed by atoms with E-state index in [1.807, 2.05) is 0 Å². The van der Waals surface area contributed by atoms with Gasteiger partial charge in [-0.15, -0.1) is 12.4 Å². The average Bonchev–Trinajstić information content (AvgIpc) is 1.86. The smallest absolute Gasteiger partial charge is 0.394 e. The van der Waals surface area contributed by atoms with Gasteiger partial charge in [-0.1, -0.05) is 0 Å². The van der Waals surface area contributed by atoms with Crippen LogP contribution in [0.4, 0.5) is 0 Å². The summed E-state index contributed by atoms with van der Waals surface area (Å²) < 4.78 is 0. The molecule has 0 spiro atoms. The Hall–Kier alpha value is -0.810. The van der Waals surface area contributed by atoms with Gasteiger partial charge < -0.3 is 16.2 Å². The zero-order chi connectivity index (χ0) is 8.85. The Kier molecular flexibility index (Phi) is 7.88. The fraction of sp³-hybridized carbons (Fsp3) is 0.667. The molecule has 72 valence electrons. The van der Waals surface area contributed by atoms with Gasteiger partial charge in [-0.05, 0) is 13.3 Å². The lowest BCUT2D eigenvalue weighted by Gasteiger charge is -2.03. The van der Waals surface area contributed by atoms with Gasteiger partial charge in [0, 0.05) is 12.6 Å². The molecular formula is C6H13ClN2O3. The molecule has 0 aliphatic rings. The molecule has 0 saturated heterocycles. The average molecular weight is 197 g/mol. The highest BCUT2D eigenvalue weighted by Gasteiger charge is 2.08. The highest BCUT2D eigenvalue weighted by molar-refractivity contribution is 6.31. The lowest BCUT2D eigenvalue weighted by molar-refractivity contribution is -0.150. The first-order valence-electron chi connectivity index (χ1n) is 3.30. The quantitative estimate of drug-likeness (QED) is 0.523. The molecule has 0 aromatic carbocycles. The summed E-state index contributed by atoms with van der Waals surface area (Å²) >= 11 is 0. The molecule has 12 heavy (non-hydrogen) atoms. The van der Waals surface area contributed by atoms with E-state index in [0.717, 1.165) is 0 Å². The van der Waals surface area contributed by atoms with Crippen molar-refractivity contribution >= 4 is 24.3 Å². The third kappa shape index (κ3) is 7.30. The van der Waals surface area contributed by atoms with Crippen LogP contribution < -0.4 is 11.1 Å². The van der Waals surface area contributed by atoms with Crippen LogP contribution in [0.25, 0.3) is 0 Å². The van der Waals surface area contributed by atoms with Crippen LogP contribution in [0.5, 0.6) is 0 Å². The molecule has 0 aromatic heterocycles. The zero-order valence-corrected chi connectivity index (χ0v) is 7.56. The monoisotopic (exact) mass is 196 g/mol. The molecule has 0 bridgehead atoms. The first-order valence-corrected chi connectivity index (χ1v) is 3.30. The molecule has 4 N–H and O–H groups in total. The number of carboxylic acids is 1. The van der Waals surface area contributed by atoms with Crippen LogP contribution in [-0.4, -0.2) is 29.6 Å². The van der Waals surface area contributed by atoms with Crippen LogP contribution in [0, 0.1) is 0 Å². The standard InChI is InChI=1S/C6H12N2O3.ClH/c1-4(7)2-3-8-5(9)6(10)11;/h4H,2-3,7H2,1H3,(H,8,9)(H,10,11);1H. The van der Waals surface area contributed by atoms with Gasteiger partial charge in [-0.2, -0.15) is 0 Å². The molecule has 0 saturated carbocycles. The van der Waals surface area contributed by atoms with Crippen molar-refractivity contribution in [1.82, 2.24) is 5.32 Å². The normalized spacial score (nSPS) is 11.2. The second-order valence-electron chi connectivity index (χ2n) is 2.33. The van der Waals surface area contributed by atoms with Crippen LogP contribution in [0.2, 0.25) is 0 Å². The second kappa shape index (κ2) is 6.87. The fourth-order valence-corrected chi connectivity index (χ4v) is 0.489. The third-order valence-corrected chi connectivity index (χ3v) is 1.08. The van der Waals surface area contributed by atoms with E-state index in [4.69, 9.17) is 10.8 Å². The summed E-state index contributed by atoms with van der Waals surface area (Å²) in [7, 11) is 0. The highest BCUT2D eigenvalue weighted by Crippen LogP contribution is 1.81. The second-order valence-corrected chi connectivity index (χ2v) is 2.33. The van der Waals surface area contributed by atoms with E-state index in [0.29, 0.717) is 13.0 Å². The van der Waals surface area contributed by atoms with Crippen molar-refractivity contribution in [3.05, 3.63) is 0 Å². The predicted molar refractivity (Wildman–Crippen MR) is 46.2 cm³/mol. The van der Waals surface area contributed by atoms with E-state index in [1.54, 1.807) is 6.92 Å². The Balaban J connectivity index is 0. The summed E-state index contributed by atoms with van der Waals surface area (Å²) in [5, 5.41) is 10.3. The van der Waals surface area contributed by atoms with Crippen LogP contribution >= 0.6 is 12.4 Å². The topological polar surface area (TPSA) is 92.4 Å². The minimum atomic E-state index is -1.46. The number of aliphatic carboxylic acids is 1. The number of nitrogens with one attached hydrogen (secondary N) is 1. The van der Waals surface area contributed by atoms with Crippen LogP contribution in [0.15, 0.2) is 0 Å². The lowest BCUT2D eigenvalue weighted by Crippen LogP contribution is -2.33. The maximum atomic E-state index is 10.4. The Morgan fingerprint density at radius 2 is 2.08 bits per heavy atom. The third-order valence-electron chi connectivity index (χ3n) is 1.08. The highest BCUT2D eigenvalue weighted by atomic mass is 35.5. The number of hydrogen-bond acceptors (Lipinski definition) is 3. The first kappa shape index (κ1) is 13.8. The summed E-state index contributed by atoms with van der Waals surface area (Å²) in [6.45, 7) is 2.09. The van der Waals surface area contributed by atoms with Gasteiger partial charge in [0.2, 0.25) is 0 Å². The van der Waals surface area contributed by atoms with Crippen LogP contribution in [-0.2, 0) is 9.59 Å². The van der Waals surface area contributed by atoms with Gasteiger partial charge in [0.05, 0.1) is 0 Å². The number of carbonyl (C=O) groups excluding carboxylic acids is 1. The Labute approximate surface area is 76.7 Å². The first-order chi connectivity index (χ1) is 5.04. The van der Waals surface area contributed by atoms with E-state index >= 15 is 0 Å². The molecule has 1 unspecified atom stereocenters. The van der Waals surface area contributed by atoms with Crippen molar-refractivity contribution in [1.29, 1.82) is 0 Å². The van der Waals surface area contributed by atoms with Crippen molar-refractivity contribution < 1.29 is 14.7 Å². The minimum Gasteiger partial charge on any atom is -0.474 e. The minimum absolute atomic E-state index is 0. The van der Waals surface area contributed by atoms with Crippen molar-refractivity contribution in [2.24, 2.45) is 5.73 Å². The van der Waals surface area contributed by atoms with Gasteiger partial charge in [-0.25, -0.2) is 4.79 Å². The van der Waals surface area contributed by atoms with E-state index in [9.17, 15) is 9.59 Å². The Morgan fingerprint density at radius 3 is 2.42 bits per heavy atom. The van der Waals surface area contributed by atoms with E-state index in [1.165, 1.54) is 0 Å². The van der Waals surface area contributed by atoms with Gasteiger partial charge in [0.25, 0.3) is 0 Å². The summed E-state index contributed by atoms with van der Waals surface area (Å²) in [4.78, 5) is 20.3. The van der Waals surface area contributed by atoms with Crippen molar-refractivity contribution in [3.63, 3.8) is 0 Å². The SMILES string of the molecule is CC(N)CCNC(=O)C(=O)O.Cl. The molecular weight excluding hydrogens is 184 g/mol. The summed E-state index contributed by atoms with van der Waals surface area (Å²) in [6.07, 6.45) is 0.582. The Bertz CT molecular complexity index is 161. The van der Waals surface area contributed by atoms with Gasteiger partial charge in [0.1, 0.15) is 0 Å². The van der Waals surface area contributed by atoms with Gasteiger partial charge in [0.15, 0.2) is 0 Å². The van der Waals surface area contributed by atoms with E-state index in [2.05, 4.69) is 5.32 Å². The van der Waals surface area contributed by atoms with Gasteiger partial charge in [-0.3, -0.25) is 4.79 Å². The summed E-state index contributed by atoms with van der Waals surface area (Å²) in [5.74, 6) is -2.44. The molecule has 1 atom stereocenters. The molecule has 5 nitrogen and oxygen atoms in total. The van der Waals surface area contributed by atoms with E-state index < -0.39 is 11.9 Å². The molecule has 1 amide bonds. The number of hydrogen-bond donors (Lipinski definition) is 3. The number of amides is 1. The maximum absolute atomic E-state index is 10.4. The zero-order valence-electron chi connectivity index (χ0n) is 6.74. The number of carbonyl (C=O) groups is 2. The predicted octanol–water partition coefficient (Wildman–Crippen LogP) is -0.654. The number of halogens is 1. The van der Waals surface area contributed by atoms with E-state index in [-0.39, 0.29) is 18.4 Å². The number of nitrogens with two attached hydrogens (primary N) is 1. The lowest BCUT2D eigenvalue weighted by atomic mass is 10.2. The molecule has 0 aliphatic heterocycles. The van der Waals surface area contributed by atoms with Crippen molar-refractivity contribution in [2.75, 3.05) is 6.54 Å². The van der Waals surface area contributed by atoms with Gasteiger partial charge >= 0.3 is 11.9 Å². The largest absolute Gasteiger partial charge is 0.474 e. The molecule has 0 heterocycles. The number of rotatable bonds is 3. The van der Waals surface area contributed by atoms with Crippen LogP contribution in [0.3, 0.4) is 0 Å². The molecule has 0 radical (unpaired) electrons. The number of carboxylic acid groups (broad SMARTS) is 1. The molecule has 0 fully saturated rings. The van der Waals surface area contributed by atoms with Crippen LogP contribution in [0.1, 0.15) is 13.3 Å². The molecule has 0 rings (SSSR count). The van der Waals surface area contributed by atoms with Crippen molar-refractivity contribution in [2.45, 2.75) is 19.4 Å². The fourth-order valence-electron chi connectivity index (χ4n) is 0.489. The maximum Gasteiger partial charge on any atom is 0.394 e.